The van der Waals surface area contributed by atoms with Crippen molar-refractivity contribution < 1.29 is 19.1 Å². The van der Waals surface area contributed by atoms with Gasteiger partial charge in [-0.15, -0.1) is 0 Å². The molecule has 1 aromatic carbocycles. The maximum Gasteiger partial charge on any atom is 0.308 e. The first-order valence-corrected chi connectivity index (χ1v) is 8.29. The van der Waals surface area contributed by atoms with Gasteiger partial charge in [0.15, 0.2) is 0 Å². The van der Waals surface area contributed by atoms with Crippen LogP contribution >= 0.6 is 0 Å². The zero-order chi connectivity index (χ0) is 18.7. The number of rotatable bonds is 4. The molecule has 1 aliphatic heterocycles. The zero-order valence-corrected chi connectivity index (χ0v) is 14.0. The lowest BCUT2D eigenvalue weighted by Crippen LogP contribution is -2.44. The van der Waals surface area contributed by atoms with Crippen LogP contribution in [0, 0.1) is 11.7 Å². The minimum Gasteiger partial charge on any atom is -0.481 e. The van der Waals surface area contributed by atoms with Crippen LogP contribution in [0.5, 0.6) is 0 Å². The molecule has 1 unspecified atom stereocenters. The molecule has 26 heavy (non-hydrogen) atoms. The first-order chi connectivity index (χ1) is 12.4. The number of halogens is 1. The van der Waals surface area contributed by atoms with Gasteiger partial charge in [0.05, 0.1) is 11.6 Å². The minimum atomic E-state index is -0.920. The molecule has 1 saturated heterocycles. The molecule has 7 nitrogen and oxygen atoms in total. The monoisotopic (exact) mass is 359 g/mol. The summed E-state index contributed by atoms with van der Waals surface area (Å²) in [5.74, 6) is -2.23. The highest BCUT2D eigenvalue weighted by Crippen LogP contribution is 2.18. The number of benzene rings is 1. The van der Waals surface area contributed by atoms with Gasteiger partial charge in [-0.2, -0.15) is 5.10 Å². The standard InChI is InChI=1S/C18H18FN3O4/c19-14-5-3-12(4-6-14)15-7-8-16(23)22(20-15)11-17(24)21-9-1-2-13(10-21)18(25)26/h3-8,13H,1-2,9-11H2,(H,25,26). The average molecular weight is 359 g/mol. The summed E-state index contributed by atoms with van der Waals surface area (Å²) in [6, 6.07) is 8.47. The number of carbonyl (C=O) groups is 2. The minimum absolute atomic E-state index is 0.139. The van der Waals surface area contributed by atoms with E-state index in [1.165, 1.54) is 41.3 Å². The smallest absolute Gasteiger partial charge is 0.308 e. The second kappa shape index (κ2) is 7.47. The topological polar surface area (TPSA) is 92.5 Å². The molecule has 1 aliphatic rings. The summed E-state index contributed by atoms with van der Waals surface area (Å²) < 4.78 is 14.1. The largest absolute Gasteiger partial charge is 0.481 e. The molecule has 0 spiro atoms. The quantitative estimate of drug-likeness (QED) is 0.890. The number of aliphatic carboxylic acids is 1. The summed E-state index contributed by atoms with van der Waals surface area (Å²) in [5, 5.41) is 13.3. The van der Waals surface area contributed by atoms with Crippen molar-refractivity contribution in [2.45, 2.75) is 19.4 Å². The molecule has 1 N–H and O–H groups in total. The van der Waals surface area contributed by atoms with Crippen LogP contribution in [0.1, 0.15) is 12.8 Å². The summed E-state index contributed by atoms with van der Waals surface area (Å²) in [5.41, 5.74) is 0.631. The number of hydrogen-bond acceptors (Lipinski definition) is 4. The number of carbonyl (C=O) groups excluding carboxylic acids is 1. The number of carboxylic acids is 1. The first kappa shape index (κ1) is 17.8. The summed E-state index contributed by atoms with van der Waals surface area (Å²) in [7, 11) is 0. The second-order valence-corrected chi connectivity index (χ2v) is 6.24. The van der Waals surface area contributed by atoms with Crippen LogP contribution < -0.4 is 5.56 Å². The van der Waals surface area contributed by atoms with E-state index in [-0.39, 0.29) is 24.8 Å². The molecule has 1 atom stereocenters. The molecule has 136 valence electrons. The predicted octanol–water partition coefficient (Wildman–Crippen LogP) is 1.37. The Morgan fingerprint density at radius 3 is 2.62 bits per heavy atom. The molecule has 0 aliphatic carbocycles. The fourth-order valence-corrected chi connectivity index (χ4v) is 2.97. The number of amides is 1. The van der Waals surface area contributed by atoms with Crippen LogP contribution in [0.25, 0.3) is 11.3 Å². The Bertz CT molecular complexity index is 879. The van der Waals surface area contributed by atoms with Crippen molar-refractivity contribution in [3.8, 4) is 11.3 Å². The molecule has 0 bridgehead atoms. The average Bonchev–Trinajstić information content (AvgIpc) is 2.64. The van der Waals surface area contributed by atoms with Crippen molar-refractivity contribution in [2.75, 3.05) is 13.1 Å². The van der Waals surface area contributed by atoms with Crippen LogP contribution in [0.4, 0.5) is 4.39 Å². The molecule has 1 amide bonds. The van der Waals surface area contributed by atoms with Gasteiger partial charge in [-0.05, 0) is 43.2 Å². The van der Waals surface area contributed by atoms with Crippen molar-refractivity contribution in [1.82, 2.24) is 14.7 Å². The third-order valence-electron chi connectivity index (χ3n) is 4.41. The number of carboxylic acid groups (broad SMARTS) is 1. The Morgan fingerprint density at radius 1 is 1.19 bits per heavy atom. The van der Waals surface area contributed by atoms with E-state index in [1.54, 1.807) is 0 Å². The molecule has 2 heterocycles. The van der Waals surface area contributed by atoms with E-state index in [2.05, 4.69) is 5.10 Å². The third kappa shape index (κ3) is 3.96. The highest BCUT2D eigenvalue weighted by atomic mass is 19.1. The highest BCUT2D eigenvalue weighted by Gasteiger charge is 2.28. The van der Waals surface area contributed by atoms with E-state index in [9.17, 15) is 18.8 Å². The molecule has 0 radical (unpaired) electrons. The number of nitrogens with zero attached hydrogens (tertiary/aromatic N) is 3. The molecular formula is C18H18FN3O4. The lowest BCUT2D eigenvalue weighted by Gasteiger charge is -2.30. The van der Waals surface area contributed by atoms with Gasteiger partial charge in [0.25, 0.3) is 5.56 Å². The molecule has 2 aromatic rings. The lowest BCUT2D eigenvalue weighted by atomic mass is 9.98. The van der Waals surface area contributed by atoms with Crippen LogP contribution in [0.2, 0.25) is 0 Å². The number of likely N-dealkylation sites (tertiary alicyclic amines) is 1. The fraction of sp³-hybridized carbons (Fsp3) is 0.333. The molecule has 1 aromatic heterocycles. The van der Waals surface area contributed by atoms with Crippen molar-refractivity contribution in [3.05, 3.63) is 52.6 Å². The highest BCUT2D eigenvalue weighted by molar-refractivity contribution is 5.77. The second-order valence-electron chi connectivity index (χ2n) is 6.24. The SMILES string of the molecule is O=C(O)C1CCCN(C(=O)Cn2nc(-c3ccc(F)cc3)ccc2=O)C1. The first-order valence-electron chi connectivity index (χ1n) is 8.29. The van der Waals surface area contributed by atoms with Gasteiger partial charge in [-0.25, -0.2) is 9.07 Å². The zero-order valence-electron chi connectivity index (χ0n) is 14.0. The van der Waals surface area contributed by atoms with E-state index in [4.69, 9.17) is 5.11 Å². The Labute approximate surface area is 148 Å². The van der Waals surface area contributed by atoms with Gasteiger partial charge >= 0.3 is 5.97 Å². The van der Waals surface area contributed by atoms with E-state index < -0.39 is 17.4 Å². The molecular weight excluding hydrogens is 341 g/mol. The van der Waals surface area contributed by atoms with Gasteiger partial charge in [-0.3, -0.25) is 14.4 Å². The fourth-order valence-electron chi connectivity index (χ4n) is 2.97. The summed E-state index contributed by atoms with van der Waals surface area (Å²) in [4.78, 5) is 37.1. The summed E-state index contributed by atoms with van der Waals surface area (Å²) >= 11 is 0. The number of aromatic nitrogens is 2. The summed E-state index contributed by atoms with van der Waals surface area (Å²) in [6.07, 6.45) is 1.15. The van der Waals surface area contributed by atoms with Gasteiger partial charge in [-0.1, -0.05) is 0 Å². The van der Waals surface area contributed by atoms with Crippen LogP contribution in [-0.4, -0.2) is 44.8 Å². The van der Waals surface area contributed by atoms with E-state index in [1.807, 2.05) is 0 Å². The van der Waals surface area contributed by atoms with Gasteiger partial charge < -0.3 is 10.0 Å². The third-order valence-corrected chi connectivity index (χ3v) is 4.41. The van der Waals surface area contributed by atoms with Crippen LogP contribution in [0.3, 0.4) is 0 Å². The molecule has 0 saturated carbocycles. The van der Waals surface area contributed by atoms with E-state index in [0.29, 0.717) is 30.6 Å². The van der Waals surface area contributed by atoms with E-state index >= 15 is 0 Å². The van der Waals surface area contributed by atoms with Crippen molar-refractivity contribution in [2.24, 2.45) is 5.92 Å². The number of piperidine rings is 1. The van der Waals surface area contributed by atoms with Crippen LogP contribution in [-0.2, 0) is 16.1 Å². The molecule has 1 fully saturated rings. The van der Waals surface area contributed by atoms with Crippen molar-refractivity contribution in [3.63, 3.8) is 0 Å². The van der Waals surface area contributed by atoms with Gasteiger partial charge in [0.1, 0.15) is 12.4 Å². The normalized spacial score (nSPS) is 17.1. The number of hydrogen-bond donors (Lipinski definition) is 1. The predicted molar refractivity (Wildman–Crippen MR) is 90.8 cm³/mol. The Hall–Kier alpha value is -3.03. The summed E-state index contributed by atoms with van der Waals surface area (Å²) in [6.45, 7) is 0.343. The molecule has 3 rings (SSSR count). The lowest BCUT2D eigenvalue weighted by molar-refractivity contribution is -0.145. The maximum absolute atomic E-state index is 13.0. The van der Waals surface area contributed by atoms with Gasteiger partial charge in [0.2, 0.25) is 5.91 Å². The van der Waals surface area contributed by atoms with Crippen molar-refractivity contribution >= 4 is 11.9 Å². The van der Waals surface area contributed by atoms with E-state index in [0.717, 1.165) is 4.68 Å². The Morgan fingerprint density at radius 2 is 1.92 bits per heavy atom. The Kier molecular flexibility index (Phi) is 5.11. The van der Waals surface area contributed by atoms with Crippen molar-refractivity contribution in [1.29, 1.82) is 0 Å². The van der Waals surface area contributed by atoms with Gasteiger partial charge in [0, 0.05) is 24.7 Å². The Balaban J connectivity index is 1.77. The molecule has 8 heteroatoms. The maximum atomic E-state index is 13.0. The van der Waals surface area contributed by atoms with Crippen LogP contribution in [0.15, 0.2) is 41.2 Å².